The average Bonchev–Trinajstić information content (AvgIpc) is 3.35. The summed E-state index contributed by atoms with van der Waals surface area (Å²) in [6, 6.07) is 3.28. The number of halogens is 8. The number of benzene rings is 2. The van der Waals surface area contributed by atoms with Crippen LogP contribution in [0.3, 0.4) is 0 Å². The minimum Gasteiger partial charge on any atom is -0.326 e. The first-order valence-corrected chi connectivity index (χ1v) is 10.4. The predicted octanol–water partition coefficient (Wildman–Crippen LogP) is 5.81. The largest absolute Gasteiger partial charge is 0.471 e. The highest BCUT2D eigenvalue weighted by atomic mass is 35.5. The molecule has 3 amide bonds. The van der Waals surface area contributed by atoms with Crippen LogP contribution >= 0.6 is 34.8 Å². The van der Waals surface area contributed by atoms with Gasteiger partial charge in [-0.25, -0.2) is 8.78 Å². The SMILES string of the molecule is Cc1cc(NC(=O)C2CC2(Cl)Cl)cc(C(=O)Nc2cc(NC(=O)C(F)(F)F)c(F)cc2F)c1Cl. The van der Waals surface area contributed by atoms with Crippen LogP contribution in [0.2, 0.25) is 5.02 Å². The summed E-state index contributed by atoms with van der Waals surface area (Å²) >= 11 is 17.9. The minimum atomic E-state index is -5.33. The highest BCUT2D eigenvalue weighted by Gasteiger charge is 2.56. The lowest BCUT2D eigenvalue weighted by molar-refractivity contribution is -0.167. The summed E-state index contributed by atoms with van der Waals surface area (Å²) in [4.78, 5) is 36.0. The van der Waals surface area contributed by atoms with Gasteiger partial charge in [0.1, 0.15) is 16.0 Å². The number of carbonyl (C=O) groups excluding carboxylic acids is 3. The number of hydrogen-bond donors (Lipinski definition) is 3. The standard InChI is InChI=1S/C20H13Cl3F5N3O3/c1-7-2-8(29-17(33)10-6-19(10,22)23)3-9(15(7)21)16(32)30-13-5-14(12(25)4-11(13)24)31-18(34)20(26,27)28/h2-5,10H,6H2,1H3,(H,29,33)(H,30,32)(H,31,34). The van der Waals surface area contributed by atoms with E-state index in [0.717, 1.165) is 0 Å². The zero-order valence-electron chi connectivity index (χ0n) is 16.8. The third kappa shape index (κ3) is 5.70. The van der Waals surface area contributed by atoms with E-state index >= 15 is 0 Å². The third-order valence-electron chi connectivity index (χ3n) is 4.72. The fourth-order valence-corrected chi connectivity index (χ4v) is 3.56. The molecule has 3 N–H and O–H groups in total. The van der Waals surface area contributed by atoms with Gasteiger partial charge in [-0.3, -0.25) is 14.4 Å². The van der Waals surface area contributed by atoms with Crippen LogP contribution in [-0.2, 0) is 9.59 Å². The molecule has 0 spiro atoms. The maximum atomic E-state index is 14.2. The summed E-state index contributed by atoms with van der Waals surface area (Å²) < 4.78 is 64.2. The van der Waals surface area contributed by atoms with Crippen LogP contribution in [0, 0.1) is 24.5 Å². The van der Waals surface area contributed by atoms with Crippen LogP contribution in [0.15, 0.2) is 24.3 Å². The Morgan fingerprint density at radius 3 is 2.06 bits per heavy atom. The second kappa shape index (κ2) is 9.20. The first-order valence-electron chi connectivity index (χ1n) is 9.27. The molecule has 3 rings (SSSR count). The molecule has 0 saturated heterocycles. The Labute approximate surface area is 203 Å². The molecule has 0 bridgehead atoms. The maximum absolute atomic E-state index is 14.2. The van der Waals surface area contributed by atoms with Gasteiger partial charge in [0.2, 0.25) is 5.91 Å². The van der Waals surface area contributed by atoms with Crippen LogP contribution < -0.4 is 16.0 Å². The van der Waals surface area contributed by atoms with Crippen LogP contribution in [0.1, 0.15) is 22.3 Å². The molecule has 14 heteroatoms. The lowest BCUT2D eigenvalue weighted by Crippen LogP contribution is -2.30. The zero-order chi connectivity index (χ0) is 25.6. The lowest BCUT2D eigenvalue weighted by Gasteiger charge is -2.14. The molecule has 0 radical (unpaired) electrons. The van der Waals surface area contributed by atoms with Gasteiger partial charge in [-0.2, -0.15) is 13.2 Å². The normalized spacial score (nSPS) is 16.6. The molecule has 1 aliphatic rings. The third-order valence-corrected chi connectivity index (χ3v) is 6.06. The van der Waals surface area contributed by atoms with E-state index in [1.165, 1.54) is 24.4 Å². The predicted molar refractivity (Wildman–Crippen MR) is 116 cm³/mol. The van der Waals surface area contributed by atoms with Gasteiger partial charge < -0.3 is 16.0 Å². The number of carbonyl (C=O) groups is 3. The minimum absolute atomic E-state index is 0.0703. The van der Waals surface area contributed by atoms with Crippen molar-refractivity contribution in [3.63, 3.8) is 0 Å². The van der Waals surface area contributed by atoms with Crippen molar-refractivity contribution in [2.45, 2.75) is 23.9 Å². The van der Waals surface area contributed by atoms with Crippen molar-refractivity contribution in [3.05, 3.63) is 52.0 Å². The second-order valence-corrected chi connectivity index (χ2v) is 9.30. The number of hydrogen-bond acceptors (Lipinski definition) is 3. The summed E-state index contributed by atoms with van der Waals surface area (Å²) in [5.74, 6) is -7.52. The monoisotopic (exact) mass is 543 g/mol. The van der Waals surface area contributed by atoms with E-state index in [1.54, 1.807) is 0 Å². The van der Waals surface area contributed by atoms with Crippen LogP contribution in [-0.4, -0.2) is 28.2 Å². The van der Waals surface area contributed by atoms with E-state index in [0.29, 0.717) is 11.6 Å². The summed E-state index contributed by atoms with van der Waals surface area (Å²) in [7, 11) is 0. The molecule has 1 atom stereocenters. The zero-order valence-corrected chi connectivity index (χ0v) is 19.1. The molecule has 182 valence electrons. The quantitative estimate of drug-likeness (QED) is 0.328. The summed E-state index contributed by atoms with van der Waals surface area (Å²) in [5, 5.41) is 5.76. The van der Waals surface area contributed by atoms with Gasteiger partial charge in [0.05, 0.1) is 27.9 Å². The van der Waals surface area contributed by atoms with E-state index < -0.39 is 57.2 Å². The molecule has 0 heterocycles. The van der Waals surface area contributed by atoms with Crippen molar-refractivity contribution in [2.24, 2.45) is 5.92 Å². The molecule has 6 nitrogen and oxygen atoms in total. The molecule has 34 heavy (non-hydrogen) atoms. The summed E-state index contributed by atoms with van der Waals surface area (Å²) in [6.45, 7) is 1.52. The first-order chi connectivity index (χ1) is 15.6. The molecule has 0 aliphatic heterocycles. The smallest absolute Gasteiger partial charge is 0.326 e. The number of amides is 3. The highest BCUT2D eigenvalue weighted by Crippen LogP contribution is 2.53. The van der Waals surface area contributed by atoms with Crippen LogP contribution in [0.25, 0.3) is 0 Å². The number of rotatable bonds is 5. The summed E-state index contributed by atoms with van der Waals surface area (Å²) in [5.41, 5.74) is -1.50. The number of anilines is 3. The van der Waals surface area contributed by atoms with Crippen molar-refractivity contribution in [1.82, 2.24) is 0 Å². The maximum Gasteiger partial charge on any atom is 0.471 e. The van der Waals surface area contributed by atoms with Gasteiger partial charge >= 0.3 is 12.1 Å². The van der Waals surface area contributed by atoms with Gasteiger partial charge in [-0.05, 0) is 37.1 Å². The van der Waals surface area contributed by atoms with Crippen molar-refractivity contribution in [1.29, 1.82) is 0 Å². The van der Waals surface area contributed by atoms with E-state index in [2.05, 4.69) is 10.6 Å². The molecule has 1 fully saturated rings. The molecule has 2 aromatic carbocycles. The van der Waals surface area contributed by atoms with Gasteiger partial charge in [0, 0.05) is 11.8 Å². The van der Waals surface area contributed by atoms with Gasteiger partial charge in [-0.15, -0.1) is 23.2 Å². The van der Waals surface area contributed by atoms with Crippen molar-refractivity contribution < 1.29 is 36.3 Å². The number of aryl methyl sites for hydroxylation is 1. The Morgan fingerprint density at radius 1 is 0.971 bits per heavy atom. The Kier molecular flexibility index (Phi) is 7.03. The second-order valence-electron chi connectivity index (χ2n) is 7.38. The van der Waals surface area contributed by atoms with Crippen LogP contribution in [0.5, 0.6) is 0 Å². The Morgan fingerprint density at radius 2 is 1.53 bits per heavy atom. The van der Waals surface area contributed by atoms with E-state index in [-0.39, 0.29) is 28.8 Å². The Hall–Kier alpha value is -2.63. The van der Waals surface area contributed by atoms with E-state index in [9.17, 15) is 36.3 Å². The Balaban J connectivity index is 1.85. The molecule has 1 unspecified atom stereocenters. The molecular formula is C20H13Cl3F5N3O3. The van der Waals surface area contributed by atoms with E-state index in [4.69, 9.17) is 34.8 Å². The van der Waals surface area contributed by atoms with Gasteiger partial charge in [-0.1, -0.05) is 11.6 Å². The number of nitrogens with one attached hydrogen (secondary N) is 3. The highest BCUT2D eigenvalue weighted by molar-refractivity contribution is 6.52. The Bertz CT molecular complexity index is 1200. The fourth-order valence-electron chi connectivity index (χ4n) is 2.86. The van der Waals surface area contributed by atoms with Gasteiger partial charge in [0.25, 0.3) is 5.91 Å². The van der Waals surface area contributed by atoms with Crippen molar-refractivity contribution in [2.75, 3.05) is 16.0 Å². The van der Waals surface area contributed by atoms with Gasteiger partial charge in [0.15, 0.2) is 0 Å². The average molecular weight is 545 g/mol. The molecule has 1 saturated carbocycles. The number of alkyl halides is 5. The van der Waals surface area contributed by atoms with E-state index in [1.807, 2.05) is 0 Å². The molecule has 1 aliphatic carbocycles. The molecular weight excluding hydrogens is 532 g/mol. The summed E-state index contributed by atoms with van der Waals surface area (Å²) in [6.07, 6.45) is -5.09. The topological polar surface area (TPSA) is 87.3 Å². The lowest BCUT2D eigenvalue weighted by atomic mass is 10.1. The van der Waals surface area contributed by atoms with Crippen LogP contribution in [0.4, 0.5) is 39.0 Å². The first kappa shape index (κ1) is 26.0. The fraction of sp³-hybridized carbons (Fsp3) is 0.250. The van der Waals surface area contributed by atoms with Crippen molar-refractivity contribution >= 4 is 69.6 Å². The molecule has 2 aromatic rings. The van der Waals surface area contributed by atoms with Crippen molar-refractivity contribution in [3.8, 4) is 0 Å². The molecule has 0 aromatic heterocycles.